The van der Waals surface area contributed by atoms with Crippen LogP contribution in [0.25, 0.3) is 5.31 Å². The van der Waals surface area contributed by atoms with Gasteiger partial charge in [0.2, 0.25) is 0 Å². The molecule has 2 atom stereocenters. The van der Waals surface area contributed by atoms with Gasteiger partial charge in [-0.15, -0.1) is 0 Å². The molecule has 4 rings (SSSR count). The van der Waals surface area contributed by atoms with Gasteiger partial charge in [-0.1, -0.05) is 26.8 Å². The summed E-state index contributed by atoms with van der Waals surface area (Å²) in [4.78, 5) is 17.2. The molecule has 0 saturated carbocycles. The van der Waals surface area contributed by atoms with Gasteiger partial charge in [0.05, 0.1) is 20.0 Å². The lowest BCUT2D eigenvalue weighted by Gasteiger charge is -2.37. The minimum atomic E-state index is 0.0389. The van der Waals surface area contributed by atoms with Gasteiger partial charge < -0.3 is 19.3 Å². The van der Waals surface area contributed by atoms with E-state index in [0.717, 1.165) is 30.4 Å². The van der Waals surface area contributed by atoms with Gasteiger partial charge in [-0.2, -0.15) is 0 Å². The Morgan fingerprint density at radius 2 is 1.93 bits per heavy atom. The molecule has 3 heterocycles. The summed E-state index contributed by atoms with van der Waals surface area (Å²) in [5.41, 5.74) is 4.76. The van der Waals surface area contributed by atoms with Gasteiger partial charge in [0.15, 0.2) is 11.5 Å². The number of rotatable bonds is 4. The highest BCUT2D eigenvalue weighted by atomic mass is 31.1. The van der Waals surface area contributed by atoms with Gasteiger partial charge in [0, 0.05) is 25.4 Å². The SMILES string of the molecule is COc1ccc(C2=CC(=O)N3C=C(C4=CCN(C)CC4)C=C(C)C3P2)cc1OC. The topological polar surface area (TPSA) is 42.0 Å². The van der Waals surface area contributed by atoms with Crippen molar-refractivity contribution in [1.29, 1.82) is 0 Å². The molecule has 5 nitrogen and oxygen atoms in total. The van der Waals surface area contributed by atoms with Gasteiger partial charge in [0.25, 0.3) is 5.91 Å². The zero-order valence-corrected chi connectivity index (χ0v) is 18.4. The maximum atomic E-state index is 13.0. The highest BCUT2D eigenvalue weighted by Gasteiger charge is 2.32. The van der Waals surface area contributed by atoms with Crippen molar-refractivity contribution in [2.45, 2.75) is 19.1 Å². The molecule has 0 bridgehead atoms. The lowest BCUT2D eigenvalue weighted by Crippen LogP contribution is -2.38. The third-order valence-corrected chi connectivity index (χ3v) is 7.41. The maximum absolute atomic E-state index is 13.0. The molecule has 0 fully saturated rings. The zero-order chi connectivity index (χ0) is 20.5. The molecular weight excluding hydrogens is 383 g/mol. The molecule has 1 amide bonds. The van der Waals surface area contributed by atoms with E-state index in [1.165, 1.54) is 16.7 Å². The number of carbonyl (C=O) groups is 1. The predicted octanol–water partition coefficient (Wildman–Crippen LogP) is 4.00. The lowest BCUT2D eigenvalue weighted by molar-refractivity contribution is -0.123. The minimum Gasteiger partial charge on any atom is -0.493 e. The third kappa shape index (κ3) is 3.90. The number of nitrogens with zero attached hydrogens (tertiary/aromatic N) is 2. The first-order chi connectivity index (χ1) is 14.0. The van der Waals surface area contributed by atoms with Crippen LogP contribution in [-0.4, -0.2) is 55.8 Å². The highest BCUT2D eigenvalue weighted by Crippen LogP contribution is 2.48. The quantitative estimate of drug-likeness (QED) is 0.704. The summed E-state index contributed by atoms with van der Waals surface area (Å²) < 4.78 is 10.8. The summed E-state index contributed by atoms with van der Waals surface area (Å²) in [6.45, 7) is 4.15. The van der Waals surface area contributed by atoms with Gasteiger partial charge >= 0.3 is 0 Å². The van der Waals surface area contributed by atoms with Crippen molar-refractivity contribution in [2.75, 3.05) is 34.4 Å². The van der Waals surface area contributed by atoms with E-state index in [1.807, 2.05) is 29.3 Å². The fourth-order valence-corrected chi connectivity index (χ4v) is 5.42. The molecule has 0 aliphatic carbocycles. The van der Waals surface area contributed by atoms with Crippen LogP contribution in [0.5, 0.6) is 11.5 Å². The lowest BCUT2D eigenvalue weighted by atomic mass is 9.96. The number of methoxy groups -OCH3 is 2. The molecule has 29 heavy (non-hydrogen) atoms. The van der Waals surface area contributed by atoms with Crippen LogP contribution in [0, 0.1) is 0 Å². The number of ether oxygens (including phenoxy) is 2. The Labute approximate surface area is 174 Å². The van der Waals surface area contributed by atoms with E-state index in [0.29, 0.717) is 20.1 Å². The number of carbonyl (C=O) groups excluding carboxylic acids is 1. The standard InChI is InChI=1S/C23H27N2O3P/c1-15-11-18(16-7-9-24(2)10-8-16)14-25-22(26)13-21(29-23(15)25)17-5-6-19(27-3)20(12-17)28-4/h5-7,11-14,23,29H,8-10H2,1-4H3. The molecular formula is C23H27N2O3P. The summed E-state index contributed by atoms with van der Waals surface area (Å²) in [6, 6.07) is 5.84. The van der Waals surface area contributed by atoms with Crippen molar-refractivity contribution in [2.24, 2.45) is 0 Å². The molecule has 0 spiro atoms. The Kier molecular flexibility index (Phi) is 5.62. The number of benzene rings is 1. The van der Waals surface area contributed by atoms with Crippen LogP contribution in [-0.2, 0) is 4.79 Å². The second kappa shape index (κ2) is 8.17. The second-order valence-corrected chi connectivity index (χ2v) is 9.01. The highest BCUT2D eigenvalue weighted by molar-refractivity contribution is 7.51. The fraction of sp³-hybridized carbons (Fsp3) is 0.348. The Balaban J connectivity index is 1.63. The second-order valence-electron chi connectivity index (χ2n) is 7.63. The van der Waals surface area contributed by atoms with E-state index in [1.54, 1.807) is 20.3 Å². The van der Waals surface area contributed by atoms with Crippen molar-refractivity contribution in [1.82, 2.24) is 9.80 Å². The largest absolute Gasteiger partial charge is 0.493 e. The van der Waals surface area contributed by atoms with E-state index >= 15 is 0 Å². The number of hydrogen-bond acceptors (Lipinski definition) is 4. The summed E-state index contributed by atoms with van der Waals surface area (Å²) in [7, 11) is 5.87. The van der Waals surface area contributed by atoms with Gasteiger partial charge in [0.1, 0.15) is 0 Å². The summed E-state index contributed by atoms with van der Waals surface area (Å²) in [6.07, 6.45) is 9.38. The molecule has 0 radical (unpaired) electrons. The fourth-order valence-electron chi connectivity index (χ4n) is 3.95. The van der Waals surface area contributed by atoms with Crippen molar-refractivity contribution in [3.05, 3.63) is 64.9 Å². The summed E-state index contributed by atoms with van der Waals surface area (Å²) in [5.74, 6) is 1.50. The first-order valence-electron chi connectivity index (χ1n) is 9.81. The van der Waals surface area contributed by atoms with Crippen LogP contribution in [0.3, 0.4) is 0 Å². The average molecular weight is 410 g/mol. The minimum absolute atomic E-state index is 0.0389. The van der Waals surface area contributed by atoms with E-state index in [4.69, 9.17) is 9.47 Å². The summed E-state index contributed by atoms with van der Waals surface area (Å²) in [5, 5.41) is 1.06. The molecule has 0 saturated heterocycles. The molecule has 6 heteroatoms. The van der Waals surface area contributed by atoms with E-state index < -0.39 is 0 Å². The van der Waals surface area contributed by atoms with Crippen LogP contribution < -0.4 is 9.47 Å². The van der Waals surface area contributed by atoms with E-state index in [9.17, 15) is 4.79 Å². The molecule has 1 aromatic carbocycles. The zero-order valence-electron chi connectivity index (χ0n) is 17.4. The van der Waals surface area contributed by atoms with Crippen molar-refractivity contribution < 1.29 is 14.3 Å². The molecule has 3 aliphatic heterocycles. The van der Waals surface area contributed by atoms with Crippen molar-refractivity contribution >= 4 is 19.8 Å². The van der Waals surface area contributed by atoms with Crippen LogP contribution in [0.2, 0.25) is 0 Å². The van der Waals surface area contributed by atoms with E-state index in [-0.39, 0.29) is 11.7 Å². The van der Waals surface area contributed by atoms with Crippen LogP contribution in [0.15, 0.2) is 59.3 Å². The van der Waals surface area contributed by atoms with Crippen LogP contribution >= 0.6 is 8.58 Å². The first-order valence-corrected chi connectivity index (χ1v) is 10.9. The maximum Gasteiger partial charge on any atom is 0.252 e. The predicted molar refractivity (Wildman–Crippen MR) is 119 cm³/mol. The smallest absolute Gasteiger partial charge is 0.252 e. The number of amides is 1. The van der Waals surface area contributed by atoms with Gasteiger partial charge in [-0.05, 0) is 60.1 Å². The Morgan fingerprint density at radius 3 is 2.62 bits per heavy atom. The van der Waals surface area contributed by atoms with Gasteiger partial charge in [-0.25, -0.2) is 0 Å². The van der Waals surface area contributed by atoms with E-state index in [2.05, 4.69) is 31.0 Å². The number of fused-ring (bicyclic) bond motifs is 1. The Bertz CT molecular complexity index is 961. The third-order valence-electron chi connectivity index (χ3n) is 5.66. The monoisotopic (exact) mass is 410 g/mol. The first kappa shape index (κ1) is 19.9. The molecule has 2 unspecified atom stereocenters. The normalized spacial score (nSPS) is 23.1. The molecule has 152 valence electrons. The van der Waals surface area contributed by atoms with Crippen molar-refractivity contribution in [3.8, 4) is 11.5 Å². The summed E-state index contributed by atoms with van der Waals surface area (Å²) >= 11 is 0. The average Bonchev–Trinajstić information content (AvgIpc) is 2.74. The molecule has 3 aliphatic rings. The number of likely N-dealkylation sites (N-methyl/N-ethyl adjacent to an activating group) is 1. The van der Waals surface area contributed by atoms with Gasteiger partial charge in [-0.3, -0.25) is 4.79 Å². The number of hydrogen-bond donors (Lipinski definition) is 0. The Morgan fingerprint density at radius 1 is 1.14 bits per heavy atom. The molecule has 1 aromatic rings. The molecule has 0 N–H and O–H groups in total. The Hall–Kier alpha value is -2.36. The number of allylic oxidation sites excluding steroid dienone is 2. The molecule has 0 aromatic heterocycles. The van der Waals surface area contributed by atoms with Crippen LogP contribution in [0.4, 0.5) is 0 Å². The van der Waals surface area contributed by atoms with Crippen molar-refractivity contribution in [3.63, 3.8) is 0 Å². The van der Waals surface area contributed by atoms with Crippen LogP contribution in [0.1, 0.15) is 18.9 Å².